The second-order valence-corrected chi connectivity index (χ2v) is 4.71. The molecule has 17 heavy (non-hydrogen) atoms. The van der Waals surface area contributed by atoms with Crippen LogP contribution in [0.25, 0.3) is 0 Å². The van der Waals surface area contributed by atoms with E-state index in [1.165, 1.54) is 0 Å². The zero-order chi connectivity index (χ0) is 12.8. The number of rotatable bonds is 2. The monoisotopic (exact) mass is 248 g/mol. The van der Waals surface area contributed by atoms with Gasteiger partial charge in [0.2, 0.25) is 5.91 Å². The number of carboxylic acid groups (broad SMARTS) is 1. The molecule has 2 rings (SSSR count). The van der Waals surface area contributed by atoms with Crippen LogP contribution in [0.1, 0.15) is 12.8 Å². The largest absolute Gasteiger partial charge is 0.550 e. The van der Waals surface area contributed by atoms with Crippen LogP contribution in [-0.2, 0) is 9.59 Å². The minimum absolute atomic E-state index is 0.000445. The fourth-order valence-electron chi connectivity index (χ4n) is 2.45. The van der Waals surface area contributed by atoms with Gasteiger partial charge in [-0.3, -0.25) is 4.79 Å². The number of aliphatic carboxylic acids is 1. The normalized spacial score (nSPS) is 35.5. The van der Waals surface area contributed by atoms with Gasteiger partial charge in [-0.25, -0.2) is 8.78 Å². The highest BCUT2D eigenvalue weighted by Gasteiger charge is 2.50. The van der Waals surface area contributed by atoms with Crippen molar-refractivity contribution in [3.8, 4) is 0 Å². The van der Waals surface area contributed by atoms with E-state index < -0.39 is 48.8 Å². The van der Waals surface area contributed by atoms with E-state index in [1.807, 2.05) is 0 Å². The number of hydrogen-bond donors (Lipinski definition) is 1. The number of likely N-dealkylation sites (tertiary alicyclic amines) is 1. The Kier molecular flexibility index (Phi) is 2.81. The van der Waals surface area contributed by atoms with E-state index in [0.717, 1.165) is 4.90 Å². The second kappa shape index (κ2) is 3.90. The van der Waals surface area contributed by atoms with Gasteiger partial charge in [0.15, 0.2) is 0 Å². The number of alkyl halides is 2. The van der Waals surface area contributed by atoms with Gasteiger partial charge in [0.1, 0.15) is 0 Å². The molecule has 2 aliphatic rings. The van der Waals surface area contributed by atoms with E-state index in [0.29, 0.717) is 0 Å². The highest BCUT2D eigenvalue weighted by Crippen LogP contribution is 2.36. The molecule has 2 fully saturated rings. The summed E-state index contributed by atoms with van der Waals surface area (Å²) in [5, 5.41) is 20.1. The average Bonchev–Trinajstić information content (AvgIpc) is 2.55. The molecule has 0 bridgehead atoms. The third-order valence-electron chi connectivity index (χ3n) is 3.31. The van der Waals surface area contributed by atoms with E-state index >= 15 is 0 Å². The minimum atomic E-state index is -2.87. The Labute approximate surface area is 96.0 Å². The van der Waals surface area contributed by atoms with Crippen LogP contribution in [0.3, 0.4) is 0 Å². The summed E-state index contributed by atoms with van der Waals surface area (Å²) in [5.74, 6) is -6.92. The zero-order valence-corrected chi connectivity index (χ0v) is 8.94. The molecule has 0 radical (unpaired) electrons. The molecular weight excluding hydrogens is 236 g/mol. The Bertz CT molecular complexity index is 352. The SMILES string of the molecule is O=C([O-])[C@@H]1C[C@H](O)C[C@H]1C(=O)N1CC(F)(F)C1. The topological polar surface area (TPSA) is 80.7 Å². The van der Waals surface area contributed by atoms with Gasteiger partial charge in [-0.05, 0) is 12.8 Å². The molecule has 0 spiro atoms. The summed E-state index contributed by atoms with van der Waals surface area (Å²) in [4.78, 5) is 23.5. The molecule has 1 aliphatic heterocycles. The number of carboxylic acids is 1. The number of nitrogens with zero attached hydrogens (tertiary/aromatic N) is 1. The Morgan fingerprint density at radius 2 is 1.76 bits per heavy atom. The maximum absolute atomic E-state index is 12.6. The molecule has 3 atom stereocenters. The van der Waals surface area contributed by atoms with Crippen LogP contribution in [0, 0.1) is 11.8 Å². The van der Waals surface area contributed by atoms with Crippen molar-refractivity contribution >= 4 is 11.9 Å². The molecule has 1 saturated carbocycles. The van der Waals surface area contributed by atoms with Crippen molar-refractivity contribution in [3.05, 3.63) is 0 Å². The lowest BCUT2D eigenvalue weighted by Gasteiger charge is -2.40. The van der Waals surface area contributed by atoms with Gasteiger partial charge < -0.3 is 19.9 Å². The van der Waals surface area contributed by atoms with Crippen molar-refractivity contribution in [2.75, 3.05) is 13.1 Å². The Morgan fingerprint density at radius 1 is 1.24 bits per heavy atom. The molecule has 1 heterocycles. The summed E-state index contributed by atoms with van der Waals surface area (Å²) in [6.07, 6.45) is -0.934. The summed E-state index contributed by atoms with van der Waals surface area (Å²) in [6.45, 7) is -1.34. The second-order valence-electron chi connectivity index (χ2n) is 4.71. The van der Waals surface area contributed by atoms with Crippen molar-refractivity contribution in [1.29, 1.82) is 0 Å². The molecule has 0 aromatic heterocycles. The fourth-order valence-corrected chi connectivity index (χ4v) is 2.45. The summed E-state index contributed by atoms with van der Waals surface area (Å²) in [5.41, 5.74) is 0. The Balaban J connectivity index is 2.02. The summed E-state index contributed by atoms with van der Waals surface area (Å²) in [6, 6.07) is 0. The first kappa shape index (κ1) is 12.2. The van der Waals surface area contributed by atoms with Gasteiger partial charge in [0.25, 0.3) is 5.92 Å². The first-order chi connectivity index (χ1) is 7.80. The maximum atomic E-state index is 12.6. The van der Waals surface area contributed by atoms with Crippen LogP contribution in [0.2, 0.25) is 0 Å². The molecule has 1 amide bonds. The van der Waals surface area contributed by atoms with Crippen molar-refractivity contribution in [2.45, 2.75) is 24.9 Å². The zero-order valence-electron chi connectivity index (χ0n) is 8.94. The Morgan fingerprint density at radius 3 is 2.24 bits per heavy atom. The number of halogens is 2. The molecule has 7 heteroatoms. The lowest BCUT2D eigenvalue weighted by atomic mass is 9.93. The summed E-state index contributed by atoms with van der Waals surface area (Å²) in [7, 11) is 0. The number of carbonyl (C=O) groups excluding carboxylic acids is 2. The van der Waals surface area contributed by atoms with Crippen LogP contribution < -0.4 is 5.11 Å². The van der Waals surface area contributed by atoms with Gasteiger partial charge in [0, 0.05) is 17.8 Å². The number of hydrogen-bond acceptors (Lipinski definition) is 4. The molecule has 1 saturated heterocycles. The van der Waals surface area contributed by atoms with Crippen molar-refractivity contribution in [3.63, 3.8) is 0 Å². The van der Waals surface area contributed by atoms with Gasteiger partial charge in [-0.2, -0.15) is 0 Å². The highest BCUT2D eigenvalue weighted by molar-refractivity contribution is 5.85. The number of aliphatic hydroxyl groups is 1. The van der Waals surface area contributed by atoms with Gasteiger partial charge in [-0.15, -0.1) is 0 Å². The standard InChI is InChI=1S/C10H13F2NO4/c11-10(12)3-13(4-10)8(15)6-1-5(14)2-7(6)9(16)17/h5-7,14H,1-4H2,(H,16,17)/p-1/t5-,6-,7-/m1/s1. The van der Waals surface area contributed by atoms with Crippen molar-refractivity contribution < 1.29 is 28.6 Å². The molecule has 0 aromatic carbocycles. The number of aliphatic hydroxyl groups excluding tert-OH is 1. The van der Waals surface area contributed by atoms with Crippen LogP contribution in [-0.4, -0.2) is 47.0 Å². The molecule has 5 nitrogen and oxygen atoms in total. The molecular formula is C10H12F2NO4-. The van der Waals surface area contributed by atoms with Crippen LogP contribution in [0.5, 0.6) is 0 Å². The smallest absolute Gasteiger partial charge is 0.282 e. The van der Waals surface area contributed by atoms with Gasteiger partial charge >= 0.3 is 0 Å². The first-order valence-electron chi connectivity index (χ1n) is 5.36. The van der Waals surface area contributed by atoms with Crippen molar-refractivity contribution in [1.82, 2.24) is 4.90 Å². The third kappa shape index (κ3) is 2.24. The third-order valence-corrected chi connectivity index (χ3v) is 3.31. The maximum Gasteiger partial charge on any atom is 0.282 e. The van der Waals surface area contributed by atoms with E-state index in [-0.39, 0.29) is 12.8 Å². The summed E-state index contributed by atoms with van der Waals surface area (Å²) >= 11 is 0. The minimum Gasteiger partial charge on any atom is -0.550 e. The number of amides is 1. The van der Waals surface area contributed by atoms with Crippen LogP contribution >= 0.6 is 0 Å². The van der Waals surface area contributed by atoms with E-state index in [9.17, 15) is 28.6 Å². The molecule has 0 aromatic rings. The number of carbonyl (C=O) groups is 2. The predicted octanol–water partition coefficient (Wildman–Crippen LogP) is -1.40. The molecule has 1 N–H and O–H groups in total. The van der Waals surface area contributed by atoms with E-state index in [1.54, 1.807) is 0 Å². The highest BCUT2D eigenvalue weighted by atomic mass is 19.3. The molecule has 1 aliphatic carbocycles. The lowest BCUT2D eigenvalue weighted by Crippen LogP contribution is -2.60. The van der Waals surface area contributed by atoms with E-state index in [2.05, 4.69) is 0 Å². The molecule has 0 unspecified atom stereocenters. The van der Waals surface area contributed by atoms with Crippen molar-refractivity contribution in [2.24, 2.45) is 11.8 Å². The van der Waals surface area contributed by atoms with Crippen LogP contribution in [0.4, 0.5) is 8.78 Å². The fraction of sp³-hybridized carbons (Fsp3) is 0.800. The summed E-state index contributed by atoms with van der Waals surface area (Å²) < 4.78 is 25.2. The Hall–Kier alpha value is -1.24. The van der Waals surface area contributed by atoms with Crippen LogP contribution in [0.15, 0.2) is 0 Å². The van der Waals surface area contributed by atoms with Gasteiger partial charge in [0.05, 0.1) is 19.2 Å². The van der Waals surface area contributed by atoms with Gasteiger partial charge in [-0.1, -0.05) is 0 Å². The lowest BCUT2D eigenvalue weighted by molar-refractivity contribution is -0.312. The predicted molar refractivity (Wildman–Crippen MR) is 48.8 cm³/mol. The first-order valence-corrected chi connectivity index (χ1v) is 5.36. The molecule has 96 valence electrons. The average molecular weight is 248 g/mol. The quantitative estimate of drug-likeness (QED) is 0.651. The van der Waals surface area contributed by atoms with E-state index in [4.69, 9.17) is 0 Å².